The maximum absolute atomic E-state index is 11.9. The van der Waals surface area contributed by atoms with Gasteiger partial charge < -0.3 is 9.64 Å². The molecule has 4 rings (SSSR count). The van der Waals surface area contributed by atoms with Crippen LogP contribution < -0.4 is 9.64 Å². The molecule has 0 saturated heterocycles. The van der Waals surface area contributed by atoms with Crippen LogP contribution in [0.4, 0.5) is 5.69 Å². The normalized spacial score (nSPS) is 17.3. The minimum Gasteiger partial charge on any atom is -0.497 e. The van der Waals surface area contributed by atoms with Gasteiger partial charge in [-0.15, -0.1) is 0 Å². The molecule has 1 aliphatic carbocycles. The van der Waals surface area contributed by atoms with E-state index >= 15 is 0 Å². The Morgan fingerprint density at radius 3 is 2.62 bits per heavy atom. The van der Waals surface area contributed by atoms with Crippen LogP contribution >= 0.6 is 0 Å². The smallest absolute Gasteiger partial charge is 0.159 e. The fraction of sp³-hybridized carbons (Fsp3) is 0.280. The largest absolute Gasteiger partial charge is 0.497 e. The first-order valence-electron chi connectivity index (χ1n) is 9.92. The number of anilines is 1. The van der Waals surface area contributed by atoms with Crippen LogP contribution in [0.15, 0.2) is 66.3 Å². The van der Waals surface area contributed by atoms with Gasteiger partial charge in [0.25, 0.3) is 0 Å². The maximum Gasteiger partial charge on any atom is 0.159 e. The van der Waals surface area contributed by atoms with E-state index in [0.717, 1.165) is 40.5 Å². The molecule has 1 spiro atoms. The van der Waals surface area contributed by atoms with Crippen molar-refractivity contribution in [1.29, 1.82) is 0 Å². The summed E-state index contributed by atoms with van der Waals surface area (Å²) in [5, 5.41) is 0. The van der Waals surface area contributed by atoms with E-state index in [9.17, 15) is 4.79 Å². The van der Waals surface area contributed by atoms with Gasteiger partial charge in [-0.05, 0) is 61.6 Å². The van der Waals surface area contributed by atoms with Crippen molar-refractivity contribution >= 4 is 22.9 Å². The number of ketones is 1. The summed E-state index contributed by atoms with van der Waals surface area (Å²) in [5.41, 5.74) is 5.39. The Kier molecular flexibility index (Phi) is 4.87. The summed E-state index contributed by atoms with van der Waals surface area (Å²) >= 11 is 0. The van der Waals surface area contributed by atoms with Gasteiger partial charge in [-0.3, -0.25) is 4.79 Å². The van der Waals surface area contributed by atoms with Crippen molar-refractivity contribution in [2.24, 2.45) is 4.99 Å². The van der Waals surface area contributed by atoms with Crippen molar-refractivity contribution in [2.45, 2.75) is 32.1 Å². The highest BCUT2D eigenvalue weighted by Gasteiger charge is 2.52. The van der Waals surface area contributed by atoms with Crippen molar-refractivity contribution in [3.05, 3.63) is 78.0 Å². The number of benzene rings is 2. The topological polar surface area (TPSA) is 41.9 Å². The monoisotopic (exact) mass is 386 g/mol. The van der Waals surface area contributed by atoms with Gasteiger partial charge in [-0.25, -0.2) is 4.99 Å². The summed E-state index contributed by atoms with van der Waals surface area (Å²) in [6.45, 7) is 8.50. The number of allylic oxidation sites excluding steroid dienone is 2. The minimum absolute atomic E-state index is 0.0888. The number of ether oxygens (including phenoxy) is 1. The number of hydrogen-bond acceptors (Lipinski definition) is 3. The Labute approximate surface area is 172 Å². The predicted molar refractivity (Wildman–Crippen MR) is 119 cm³/mol. The average molecular weight is 386 g/mol. The number of Topliss-reactive ketones (excluding diaryl/α,β-unsaturated/α-hetero) is 1. The third-order valence-electron chi connectivity index (χ3n) is 5.98. The van der Waals surface area contributed by atoms with E-state index < -0.39 is 0 Å². The molecule has 1 saturated carbocycles. The second-order valence-corrected chi connectivity index (χ2v) is 7.85. The zero-order valence-corrected chi connectivity index (χ0v) is 17.2. The molecule has 1 fully saturated rings. The molecule has 29 heavy (non-hydrogen) atoms. The van der Waals surface area contributed by atoms with Gasteiger partial charge in [0, 0.05) is 29.4 Å². The Bertz CT molecular complexity index is 1040. The predicted octanol–water partition coefficient (Wildman–Crippen LogP) is 5.39. The molecule has 4 heteroatoms. The summed E-state index contributed by atoms with van der Waals surface area (Å²) in [4.78, 5) is 18.9. The van der Waals surface area contributed by atoms with Crippen LogP contribution in [0.1, 0.15) is 48.2 Å². The number of nitrogens with zero attached hydrogens (tertiary/aromatic N) is 2. The van der Waals surface area contributed by atoms with Crippen molar-refractivity contribution in [3.63, 3.8) is 0 Å². The van der Waals surface area contributed by atoms with E-state index in [1.165, 1.54) is 18.4 Å². The zero-order valence-electron chi connectivity index (χ0n) is 17.2. The summed E-state index contributed by atoms with van der Waals surface area (Å²) in [6.07, 6.45) is 6.05. The third kappa shape index (κ3) is 3.51. The van der Waals surface area contributed by atoms with Crippen molar-refractivity contribution in [1.82, 2.24) is 0 Å². The molecule has 1 heterocycles. The van der Waals surface area contributed by atoms with Crippen molar-refractivity contribution in [3.8, 4) is 5.75 Å². The molecule has 0 unspecified atom stereocenters. The van der Waals surface area contributed by atoms with Crippen LogP contribution in [0.2, 0.25) is 0 Å². The van der Waals surface area contributed by atoms with Gasteiger partial charge in [-0.1, -0.05) is 36.9 Å². The molecular weight excluding hydrogens is 360 g/mol. The Hall–Kier alpha value is -3.14. The number of carbonyl (C=O) groups is 1. The first-order chi connectivity index (χ1) is 14.0. The lowest BCUT2D eigenvalue weighted by molar-refractivity contribution is 0.101. The molecule has 0 radical (unpaired) electrons. The molecule has 148 valence electrons. The van der Waals surface area contributed by atoms with Crippen molar-refractivity contribution in [2.75, 3.05) is 18.6 Å². The van der Waals surface area contributed by atoms with Crippen LogP contribution in [0.3, 0.4) is 0 Å². The number of aliphatic imine (C=N–C) groups is 1. The van der Waals surface area contributed by atoms with Crippen LogP contribution in [0.5, 0.6) is 5.75 Å². The van der Waals surface area contributed by atoms with E-state index in [1.54, 1.807) is 20.1 Å². The second kappa shape index (κ2) is 7.36. The number of carbonyl (C=O) groups excluding carboxylic acids is 1. The number of hydrogen-bond donors (Lipinski definition) is 0. The Morgan fingerprint density at radius 2 is 1.97 bits per heavy atom. The zero-order chi connectivity index (χ0) is 20.6. The van der Waals surface area contributed by atoms with Crippen LogP contribution in [0, 0.1) is 0 Å². The van der Waals surface area contributed by atoms with Gasteiger partial charge in [0.1, 0.15) is 11.6 Å². The summed E-state index contributed by atoms with van der Waals surface area (Å²) in [7, 11) is 1.66. The number of fused-ring (bicyclic) bond motifs is 2. The lowest BCUT2D eigenvalue weighted by Crippen LogP contribution is -2.29. The lowest BCUT2D eigenvalue weighted by atomic mass is 9.97. The maximum atomic E-state index is 11.9. The minimum atomic E-state index is 0.0888. The highest BCUT2D eigenvalue weighted by atomic mass is 16.5. The quantitative estimate of drug-likeness (QED) is 0.299. The fourth-order valence-corrected chi connectivity index (χ4v) is 4.04. The molecule has 0 amide bonds. The number of rotatable bonds is 5. The third-order valence-corrected chi connectivity index (χ3v) is 5.98. The Balaban J connectivity index is 1.67. The molecule has 0 bridgehead atoms. The fourth-order valence-electron chi connectivity index (χ4n) is 4.04. The molecular formula is C25H26N2O2. The summed E-state index contributed by atoms with van der Waals surface area (Å²) < 4.78 is 5.32. The van der Waals surface area contributed by atoms with Gasteiger partial charge in [0.05, 0.1) is 7.11 Å². The van der Waals surface area contributed by atoms with Gasteiger partial charge in [0.15, 0.2) is 5.78 Å². The highest BCUT2D eigenvalue weighted by molar-refractivity contribution is 6.02. The number of methoxy groups -OCH3 is 1. The van der Waals surface area contributed by atoms with Gasteiger partial charge in [0.2, 0.25) is 0 Å². The van der Waals surface area contributed by atoms with Gasteiger partial charge >= 0.3 is 0 Å². The Morgan fingerprint density at radius 1 is 1.17 bits per heavy atom. The highest BCUT2D eigenvalue weighted by Crippen LogP contribution is 2.56. The second-order valence-electron chi connectivity index (χ2n) is 7.85. The molecule has 1 aliphatic heterocycles. The summed E-state index contributed by atoms with van der Waals surface area (Å²) in [5.74, 6) is 1.81. The van der Waals surface area contributed by atoms with Crippen LogP contribution in [-0.2, 0) is 5.41 Å². The van der Waals surface area contributed by atoms with E-state index in [0.29, 0.717) is 0 Å². The molecule has 2 aliphatic rings. The standard InChI is InChI=1S/C25H26N2O2/c1-5-19(21-7-6-8-22(13-21)29-4)15-26-18(3)27-16-25(11-12-25)23-10-9-20(17(2)28)14-24(23)27/h5-10,13-15H,1,11-12,16H2,2-4H3/b19-15+,26-18+. The van der Waals surface area contributed by atoms with E-state index in [1.807, 2.05) is 49.5 Å². The van der Waals surface area contributed by atoms with Crippen molar-refractivity contribution < 1.29 is 9.53 Å². The van der Waals surface area contributed by atoms with E-state index in [2.05, 4.69) is 17.5 Å². The molecule has 4 nitrogen and oxygen atoms in total. The molecule has 0 atom stereocenters. The molecule has 0 N–H and O–H groups in total. The lowest BCUT2D eigenvalue weighted by Gasteiger charge is -2.19. The number of amidine groups is 1. The molecule has 0 aromatic heterocycles. The SMILES string of the molecule is C=C/C(=C\N=C(/C)N1CC2(CC2)c2ccc(C(C)=O)cc21)c1cccc(OC)c1. The van der Waals surface area contributed by atoms with E-state index in [-0.39, 0.29) is 11.2 Å². The van der Waals surface area contributed by atoms with Crippen LogP contribution in [0.25, 0.3) is 5.57 Å². The van der Waals surface area contributed by atoms with Crippen LogP contribution in [-0.4, -0.2) is 25.3 Å². The average Bonchev–Trinajstić information content (AvgIpc) is 3.44. The van der Waals surface area contributed by atoms with E-state index in [4.69, 9.17) is 9.73 Å². The van der Waals surface area contributed by atoms with Gasteiger partial charge in [-0.2, -0.15) is 0 Å². The first kappa shape index (κ1) is 19.2. The molecule has 2 aromatic carbocycles. The first-order valence-corrected chi connectivity index (χ1v) is 9.92. The molecule has 2 aromatic rings. The summed E-state index contributed by atoms with van der Waals surface area (Å²) in [6, 6.07) is 14.0.